The SMILES string of the molecule is Cc1nnc(SCC(=O)N2CCC[C@@H](C(N)=O)C2)n1-c1ccccc1. The van der Waals surface area contributed by atoms with Crippen molar-refractivity contribution in [1.29, 1.82) is 0 Å². The molecule has 7 nitrogen and oxygen atoms in total. The topological polar surface area (TPSA) is 94.1 Å². The molecule has 132 valence electrons. The number of likely N-dealkylation sites (tertiary alicyclic amines) is 1. The number of piperidine rings is 1. The van der Waals surface area contributed by atoms with Gasteiger partial charge in [-0.25, -0.2) is 0 Å². The summed E-state index contributed by atoms with van der Waals surface area (Å²) in [7, 11) is 0. The van der Waals surface area contributed by atoms with Crippen molar-refractivity contribution < 1.29 is 9.59 Å². The lowest BCUT2D eigenvalue weighted by Crippen LogP contribution is -2.44. The van der Waals surface area contributed by atoms with Gasteiger partial charge in [0, 0.05) is 18.8 Å². The standard InChI is InChI=1S/C17H21N5O2S/c1-12-19-20-17(22(12)14-7-3-2-4-8-14)25-11-15(23)21-9-5-6-13(10-21)16(18)24/h2-4,7-8,13H,5-6,9-11H2,1H3,(H2,18,24)/t13-/m1/s1. The number of thioether (sulfide) groups is 1. The first-order chi connectivity index (χ1) is 12.1. The number of hydrogen-bond donors (Lipinski definition) is 1. The number of benzene rings is 1. The molecule has 2 heterocycles. The molecule has 0 spiro atoms. The lowest BCUT2D eigenvalue weighted by Gasteiger charge is -2.31. The second kappa shape index (κ2) is 7.69. The molecule has 1 aliphatic rings. The van der Waals surface area contributed by atoms with Crippen LogP contribution < -0.4 is 5.73 Å². The van der Waals surface area contributed by atoms with E-state index in [-0.39, 0.29) is 23.5 Å². The number of carbonyl (C=O) groups excluding carboxylic acids is 2. The van der Waals surface area contributed by atoms with E-state index in [0.29, 0.717) is 18.2 Å². The van der Waals surface area contributed by atoms with E-state index in [1.54, 1.807) is 4.90 Å². The van der Waals surface area contributed by atoms with Crippen LogP contribution in [-0.2, 0) is 9.59 Å². The van der Waals surface area contributed by atoms with Crippen LogP contribution in [0.3, 0.4) is 0 Å². The van der Waals surface area contributed by atoms with Crippen LogP contribution in [-0.4, -0.2) is 50.3 Å². The second-order valence-corrected chi connectivity index (χ2v) is 7.01. The Labute approximate surface area is 150 Å². The zero-order valence-electron chi connectivity index (χ0n) is 14.1. The summed E-state index contributed by atoms with van der Waals surface area (Å²) in [5.74, 6) is 0.461. The van der Waals surface area contributed by atoms with E-state index in [0.717, 1.165) is 24.4 Å². The molecule has 2 N–H and O–H groups in total. The molecule has 1 atom stereocenters. The molecule has 0 bridgehead atoms. The third kappa shape index (κ3) is 4.01. The van der Waals surface area contributed by atoms with Crippen LogP contribution in [0.25, 0.3) is 5.69 Å². The van der Waals surface area contributed by atoms with E-state index in [9.17, 15) is 9.59 Å². The van der Waals surface area contributed by atoms with Crippen molar-refractivity contribution >= 4 is 23.6 Å². The molecule has 2 aromatic rings. The number of para-hydroxylation sites is 1. The van der Waals surface area contributed by atoms with Crippen molar-refractivity contribution in [2.75, 3.05) is 18.8 Å². The summed E-state index contributed by atoms with van der Waals surface area (Å²) in [6.07, 6.45) is 1.57. The number of nitrogens with two attached hydrogens (primary N) is 1. The van der Waals surface area contributed by atoms with E-state index >= 15 is 0 Å². The average Bonchev–Trinajstić information content (AvgIpc) is 3.01. The molecular formula is C17H21N5O2S. The fourth-order valence-corrected chi connectivity index (χ4v) is 3.86. The first-order valence-electron chi connectivity index (χ1n) is 8.23. The lowest BCUT2D eigenvalue weighted by molar-refractivity contribution is -0.132. The highest BCUT2D eigenvalue weighted by Crippen LogP contribution is 2.23. The number of hydrogen-bond acceptors (Lipinski definition) is 5. The zero-order chi connectivity index (χ0) is 17.8. The molecule has 1 fully saturated rings. The van der Waals surface area contributed by atoms with Gasteiger partial charge in [-0.05, 0) is 31.9 Å². The highest BCUT2D eigenvalue weighted by atomic mass is 32.2. The van der Waals surface area contributed by atoms with E-state index in [1.807, 2.05) is 41.8 Å². The van der Waals surface area contributed by atoms with Gasteiger partial charge < -0.3 is 10.6 Å². The van der Waals surface area contributed by atoms with Crippen LogP contribution in [0.4, 0.5) is 0 Å². The van der Waals surface area contributed by atoms with E-state index in [2.05, 4.69) is 10.2 Å². The van der Waals surface area contributed by atoms with Crippen molar-refractivity contribution in [2.45, 2.75) is 24.9 Å². The number of aromatic nitrogens is 3. The average molecular weight is 359 g/mol. The molecule has 0 unspecified atom stereocenters. The van der Waals surface area contributed by atoms with Gasteiger partial charge in [-0.2, -0.15) is 0 Å². The number of carbonyl (C=O) groups is 2. The number of aryl methyl sites for hydroxylation is 1. The Morgan fingerprint density at radius 3 is 2.76 bits per heavy atom. The summed E-state index contributed by atoms with van der Waals surface area (Å²) < 4.78 is 1.93. The molecule has 3 rings (SSSR count). The van der Waals surface area contributed by atoms with Crippen LogP contribution in [0.15, 0.2) is 35.5 Å². The van der Waals surface area contributed by atoms with Gasteiger partial charge in [-0.3, -0.25) is 14.2 Å². The quantitative estimate of drug-likeness (QED) is 0.814. The largest absolute Gasteiger partial charge is 0.369 e. The molecule has 0 aliphatic carbocycles. The molecule has 8 heteroatoms. The Kier molecular flexibility index (Phi) is 5.37. The lowest BCUT2D eigenvalue weighted by atomic mass is 9.97. The minimum atomic E-state index is -0.329. The summed E-state index contributed by atoms with van der Waals surface area (Å²) in [6, 6.07) is 9.80. The summed E-state index contributed by atoms with van der Waals surface area (Å²) in [5, 5.41) is 8.99. The zero-order valence-corrected chi connectivity index (χ0v) is 14.9. The molecule has 2 amide bonds. The maximum Gasteiger partial charge on any atom is 0.233 e. The van der Waals surface area contributed by atoms with Crippen molar-refractivity contribution in [3.63, 3.8) is 0 Å². The first kappa shape index (κ1) is 17.5. The summed E-state index contributed by atoms with van der Waals surface area (Å²) in [5.41, 5.74) is 6.34. The minimum absolute atomic E-state index is 0.00350. The van der Waals surface area contributed by atoms with Gasteiger partial charge >= 0.3 is 0 Å². The third-order valence-corrected chi connectivity index (χ3v) is 5.22. The molecule has 1 saturated heterocycles. The number of primary amides is 1. The molecule has 0 saturated carbocycles. The van der Waals surface area contributed by atoms with Gasteiger partial charge in [0.2, 0.25) is 11.8 Å². The monoisotopic (exact) mass is 359 g/mol. The highest BCUT2D eigenvalue weighted by molar-refractivity contribution is 7.99. The Morgan fingerprint density at radius 2 is 2.04 bits per heavy atom. The Morgan fingerprint density at radius 1 is 1.28 bits per heavy atom. The van der Waals surface area contributed by atoms with Crippen molar-refractivity contribution in [3.05, 3.63) is 36.2 Å². The summed E-state index contributed by atoms with van der Waals surface area (Å²) in [4.78, 5) is 25.6. The highest BCUT2D eigenvalue weighted by Gasteiger charge is 2.27. The molecule has 25 heavy (non-hydrogen) atoms. The normalized spacial score (nSPS) is 17.5. The Hall–Kier alpha value is -2.35. The van der Waals surface area contributed by atoms with Crippen molar-refractivity contribution in [1.82, 2.24) is 19.7 Å². The predicted molar refractivity (Wildman–Crippen MR) is 95.3 cm³/mol. The molecule has 1 aromatic carbocycles. The van der Waals surface area contributed by atoms with Crippen molar-refractivity contribution in [2.24, 2.45) is 11.7 Å². The Bertz CT molecular complexity index is 762. The fraction of sp³-hybridized carbons (Fsp3) is 0.412. The first-order valence-corrected chi connectivity index (χ1v) is 9.22. The minimum Gasteiger partial charge on any atom is -0.369 e. The second-order valence-electron chi connectivity index (χ2n) is 6.07. The molecular weight excluding hydrogens is 338 g/mol. The van der Waals surface area contributed by atoms with E-state index < -0.39 is 0 Å². The Balaban J connectivity index is 1.66. The van der Waals surface area contributed by atoms with Crippen LogP contribution >= 0.6 is 11.8 Å². The van der Waals surface area contributed by atoms with Gasteiger partial charge in [-0.15, -0.1) is 10.2 Å². The van der Waals surface area contributed by atoms with Gasteiger partial charge in [-0.1, -0.05) is 30.0 Å². The molecule has 0 radical (unpaired) electrons. The van der Waals surface area contributed by atoms with E-state index in [1.165, 1.54) is 11.8 Å². The fourth-order valence-electron chi connectivity index (χ4n) is 2.96. The maximum absolute atomic E-state index is 12.5. The smallest absolute Gasteiger partial charge is 0.233 e. The number of nitrogens with zero attached hydrogens (tertiary/aromatic N) is 4. The van der Waals surface area contributed by atoms with Gasteiger partial charge in [0.05, 0.1) is 11.7 Å². The maximum atomic E-state index is 12.5. The van der Waals surface area contributed by atoms with Crippen LogP contribution in [0.5, 0.6) is 0 Å². The molecule has 1 aromatic heterocycles. The van der Waals surface area contributed by atoms with E-state index in [4.69, 9.17) is 5.73 Å². The van der Waals surface area contributed by atoms with Gasteiger partial charge in [0.15, 0.2) is 5.16 Å². The van der Waals surface area contributed by atoms with Crippen LogP contribution in [0.1, 0.15) is 18.7 Å². The van der Waals surface area contributed by atoms with Crippen LogP contribution in [0.2, 0.25) is 0 Å². The number of rotatable bonds is 5. The summed E-state index contributed by atoms with van der Waals surface area (Å²) >= 11 is 1.36. The predicted octanol–water partition coefficient (Wildman–Crippen LogP) is 1.39. The van der Waals surface area contributed by atoms with Crippen molar-refractivity contribution in [3.8, 4) is 5.69 Å². The van der Waals surface area contributed by atoms with Crippen LogP contribution in [0, 0.1) is 12.8 Å². The summed E-state index contributed by atoms with van der Waals surface area (Å²) in [6.45, 7) is 2.97. The van der Waals surface area contributed by atoms with Gasteiger partial charge in [0.25, 0.3) is 0 Å². The third-order valence-electron chi connectivity index (χ3n) is 4.31. The van der Waals surface area contributed by atoms with Gasteiger partial charge in [0.1, 0.15) is 5.82 Å². The number of amides is 2. The molecule has 1 aliphatic heterocycles.